The molecule has 1 aliphatic rings. The maximum absolute atomic E-state index is 13.4. The van der Waals surface area contributed by atoms with Crippen molar-refractivity contribution in [2.45, 2.75) is 32.1 Å². The second kappa shape index (κ2) is 8.85. The maximum atomic E-state index is 13.4. The summed E-state index contributed by atoms with van der Waals surface area (Å²) in [5.41, 5.74) is 4.52. The van der Waals surface area contributed by atoms with Gasteiger partial charge in [-0.15, -0.1) is 0 Å². The van der Waals surface area contributed by atoms with Gasteiger partial charge in [0, 0.05) is 29.5 Å². The molecule has 3 heterocycles. The number of halogens is 3. The van der Waals surface area contributed by atoms with Gasteiger partial charge in [0.1, 0.15) is 6.04 Å². The summed E-state index contributed by atoms with van der Waals surface area (Å²) in [6, 6.07) is 20.3. The fraction of sp³-hybridized carbons (Fsp3) is 0.185. The second-order valence-corrected chi connectivity index (χ2v) is 9.00. The minimum Gasteiger partial charge on any atom is -0.351 e. The molecule has 2 aromatic carbocycles. The van der Waals surface area contributed by atoms with Crippen LogP contribution in [0.15, 0.2) is 85.2 Å². The molecule has 4 nitrogen and oxygen atoms in total. The monoisotopic (exact) mass is 492 g/mol. The number of pyridine rings is 1. The highest BCUT2D eigenvalue weighted by Gasteiger charge is 2.42. The fourth-order valence-electron chi connectivity index (χ4n) is 4.51. The number of aromatic nitrogens is 2. The molecule has 2 atom stereocenters. The van der Waals surface area contributed by atoms with Gasteiger partial charge in [0.05, 0.1) is 17.3 Å². The average molecular weight is 493 g/mol. The van der Waals surface area contributed by atoms with Crippen LogP contribution in [0.5, 0.6) is 0 Å². The maximum Gasteiger partial charge on any atom is 0.416 e. The highest BCUT2D eigenvalue weighted by atomic mass is 32.1. The Morgan fingerprint density at radius 1 is 0.886 bits per heavy atom. The van der Waals surface area contributed by atoms with Gasteiger partial charge < -0.3 is 14.8 Å². The van der Waals surface area contributed by atoms with Crippen LogP contribution in [0.4, 0.5) is 18.9 Å². The molecule has 0 saturated carbocycles. The van der Waals surface area contributed by atoms with Crippen LogP contribution < -0.4 is 10.2 Å². The van der Waals surface area contributed by atoms with Gasteiger partial charge in [0.15, 0.2) is 5.11 Å². The molecule has 1 fully saturated rings. The van der Waals surface area contributed by atoms with E-state index in [1.165, 1.54) is 12.1 Å². The Hall–Kier alpha value is -3.65. The number of anilines is 1. The molecule has 0 radical (unpaired) electrons. The Kier molecular flexibility index (Phi) is 5.84. The first-order valence-electron chi connectivity index (χ1n) is 11.2. The molecule has 4 aromatic rings. The average Bonchev–Trinajstić information content (AvgIpc) is 3.45. The summed E-state index contributed by atoms with van der Waals surface area (Å²) >= 11 is 5.79. The molecule has 0 amide bonds. The van der Waals surface area contributed by atoms with E-state index in [-0.39, 0.29) is 12.1 Å². The third-order valence-electron chi connectivity index (χ3n) is 6.40. The van der Waals surface area contributed by atoms with Gasteiger partial charge in [-0.3, -0.25) is 4.98 Å². The van der Waals surface area contributed by atoms with Crippen LogP contribution in [-0.4, -0.2) is 14.7 Å². The Labute approximate surface area is 207 Å². The molecule has 8 heteroatoms. The predicted molar refractivity (Wildman–Crippen MR) is 135 cm³/mol. The summed E-state index contributed by atoms with van der Waals surface area (Å²) in [6.07, 6.45) is -0.927. The summed E-state index contributed by atoms with van der Waals surface area (Å²) in [5, 5.41) is 3.94. The SMILES string of the molecule is Cc1ccc(N2C(=S)N[C@H](c3ccccn3)[C@H]2c2cccn2-c2cccc(C(F)(F)F)c2)cc1C. The molecular weight excluding hydrogens is 469 g/mol. The molecular formula is C27H23F3N4S. The first-order valence-corrected chi connectivity index (χ1v) is 11.6. The van der Waals surface area contributed by atoms with Crippen LogP contribution in [0.3, 0.4) is 0 Å². The quantitative estimate of drug-likeness (QED) is 0.322. The number of thiocarbonyl (C=S) groups is 1. The van der Waals surface area contributed by atoms with Crippen LogP contribution in [0.2, 0.25) is 0 Å². The van der Waals surface area contributed by atoms with Gasteiger partial charge in [0.2, 0.25) is 0 Å². The fourth-order valence-corrected chi connectivity index (χ4v) is 4.86. The van der Waals surface area contributed by atoms with Gasteiger partial charge in [-0.1, -0.05) is 18.2 Å². The van der Waals surface area contributed by atoms with Crippen molar-refractivity contribution in [3.05, 3.63) is 113 Å². The lowest BCUT2D eigenvalue weighted by molar-refractivity contribution is -0.137. The first kappa shape index (κ1) is 23.1. The molecule has 0 spiro atoms. The highest BCUT2D eigenvalue weighted by Crippen LogP contribution is 2.43. The van der Waals surface area contributed by atoms with Crippen molar-refractivity contribution < 1.29 is 13.2 Å². The van der Waals surface area contributed by atoms with E-state index in [1.54, 1.807) is 23.0 Å². The summed E-state index contributed by atoms with van der Waals surface area (Å²) in [7, 11) is 0. The van der Waals surface area contributed by atoms with Crippen molar-refractivity contribution in [2.24, 2.45) is 0 Å². The third kappa shape index (κ3) is 4.30. The lowest BCUT2D eigenvalue weighted by atomic mass is 10.00. The second-order valence-electron chi connectivity index (χ2n) is 8.62. The van der Waals surface area contributed by atoms with Crippen molar-refractivity contribution in [3.63, 3.8) is 0 Å². The zero-order valence-electron chi connectivity index (χ0n) is 19.1. The van der Waals surface area contributed by atoms with E-state index < -0.39 is 11.7 Å². The molecule has 35 heavy (non-hydrogen) atoms. The van der Waals surface area contributed by atoms with E-state index in [4.69, 9.17) is 12.2 Å². The molecule has 1 aliphatic heterocycles. The number of hydrogen-bond donors (Lipinski definition) is 1. The van der Waals surface area contributed by atoms with Crippen molar-refractivity contribution in [1.82, 2.24) is 14.9 Å². The van der Waals surface area contributed by atoms with Crippen LogP contribution in [0, 0.1) is 13.8 Å². The van der Waals surface area contributed by atoms with Crippen molar-refractivity contribution in [1.29, 1.82) is 0 Å². The van der Waals surface area contributed by atoms with E-state index in [0.29, 0.717) is 10.8 Å². The van der Waals surface area contributed by atoms with E-state index in [0.717, 1.165) is 34.3 Å². The molecule has 0 unspecified atom stereocenters. The van der Waals surface area contributed by atoms with Crippen molar-refractivity contribution in [2.75, 3.05) is 4.90 Å². The molecule has 0 bridgehead atoms. The number of hydrogen-bond acceptors (Lipinski definition) is 2. The largest absolute Gasteiger partial charge is 0.416 e. The van der Waals surface area contributed by atoms with Crippen molar-refractivity contribution >= 4 is 23.0 Å². The van der Waals surface area contributed by atoms with E-state index in [9.17, 15) is 13.2 Å². The topological polar surface area (TPSA) is 33.1 Å². The molecule has 1 saturated heterocycles. The Morgan fingerprint density at radius 2 is 1.71 bits per heavy atom. The minimum absolute atomic E-state index is 0.301. The number of benzene rings is 2. The number of nitrogens with zero attached hydrogens (tertiary/aromatic N) is 3. The Bertz CT molecular complexity index is 1380. The Balaban J connectivity index is 1.67. The molecule has 5 rings (SSSR count). The number of aryl methyl sites for hydroxylation is 2. The first-order chi connectivity index (χ1) is 16.7. The van der Waals surface area contributed by atoms with Crippen LogP contribution >= 0.6 is 12.2 Å². The normalized spacial score (nSPS) is 18.1. The number of alkyl halides is 3. The van der Waals surface area contributed by atoms with Crippen molar-refractivity contribution in [3.8, 4) is 5.69 Å². The van der Waals surface area contributed by atoms with Crippen LogP contribution in [0.1, 0.15) is 40.2 Å². The van der Waals surface area contributed by atoms with Crippen LogP contribution in [-0.2, 0) is 6.18 Å². The lowest BCUT2D eigenvalue weighted by Gasteiger charge is -2.29. The summed E-state index contributed by atoms with van der Waals surface area (Å²) < 4.78 is 42.1. The molecule has 178 valence electrons. The Morgan fingerprint density at radius 3 is 2.43 bits per heavy atom. The molecule has 0 aliphatic carbocycles. The van der Waals surface area contributed by atoms with Gasteiger partial charge in [-0.25, -0.2) is 0 Å². The summed E-state index contributed by atoms with van der Waals surface area (Å²) in [4.78, 5) is 6.59. The highest BCUT2D eigenvalue weighted by molar-refractivity contribution is 7.80. The van der Waals surface area contributed by atoms with E-state index in [2.05, 4.69) is 16.4 Å². The zero-order valence-corrected chi connectivity index (χ0v) is 19.9. The molecule has 1 N–H and O–H groups in total. The van der Waals surface area contributed by atoms with Gasteiger partial charge in [-0.2, -0.15) is 13.2 Å². The van der Waals surface area contributed by atoms with Gasteiger partial charge in [0.25, 0.3) is 0 Å². The van der Waals surface area contributed by atoms with Crippen LogP contribution in [0.25, 0.3) is 5.69 Å². The summed E-state index contributed by atoms with van der Waals surface area (Å²) in [5.74, 6) is 0. The smallest absolute Gasteiger partial charge is 0.351 e. The number of rotatable bonds is 4. The lowest BCUT2D eigenvalue weighted by Crippen LogP contribution is -2.30. The predicted octanol–water partition coefficient (Wildman–Crippen LogP) is 6.69. The number of nitrogens with one attached hydrogen (secondary N) is 1. The van der Waals surface area contributed by atoms with Gasteiger partial charge in [-0.05, 0) is 91.8 Å². The van der Waals surface area contributed by atoms with E-state index in [1.807, 2.05) is 61.2 Å². The minimum atomic E-state index is -4.43. The zero-order chi connectivity index (χ0) is 24.7. The van der Waals surface area contributed by atoms with E-state index >= 15 is 0 Å². The third-order valence-corrected chi connectivity index (χ3v) is 6.72. The molecule has 2 aromatic heterocycles. The van der Waals surface area contributed by atoms with Gasteiger partial charge >= 0.3 is 6.18 Å². The summed E-state index contributed by atoms with van der Waals surface area (Å²) in [6.45, 7) is 4.09. The standard InChI is InChI=1S/C27H23F3N4S/c1-17-11-12-21(15-18(17)2)34-25(24(32-26(34)35)22-9-3-4-13-31-22)23-10-6-14-33(23)20-8-5-7-19(16-20)27(28,29)30/h3-16,24-25H,1-2H3,(H,32,35)/t24-,25-/m1/s1.